The van der Waals surface area contributed by atoms with E-state index in [1.807, 2.05) is 30.3 Å². The van der Waals surface area contributed by atoms with Gasteiger partial charge in [-0.1, -0.05) is 30.3 Å². The van der Waals surface area contributed by atoms with Crippen molar-refractivity contribution in [3.63, 3.8) is 0 Å². The molecule has 2 rings (SSSR count). The molecule has 0 fully saturated rings. The van der Waals surface area contributed by atoms with Crippen molar-refractivity contribution in [3.05, 3.63) is 47.9 Å². The van der Waals surface area contributed by atoms with Crippen molar-refractivity contribution >= 4 is 12.0 Å². The summed E-state index contributed by atoms with van der Waals surface area (Å²) in [4.78, 5) is 15.4. The first-order valence-corrected chi connectivity index (χ1v) is 6.37. The first-order valence-electron chi connectivity index (χ1n) is 6.37. The fourth-order valence-corrected chi connectivity index (χ4v) is 1.67. The number of nitrogens with zero attached hydrogens (tertiary/aromatic N) is 1. The van der Waals surface area contributed by atoms with Crippen LogP contribution in [-0.2, 0) is 4.74 Å². The minimum absolute atomic E-state index is 0.141. The first kappa shape index (κ1) is 14.1. The maximum absolute atomic E-state index is 11.4. The molecule has 6 nitrogen and oxygen atoms in total. The standard InChI is InChI=1S/C14H17N3O3/c1-2-19-13(18)12-9-20-14(17-12)16-8-11(15)10-6-4-3-5-7-10/h3-7,9,11H,2,8,15H2,1H3,(H,16,17). The number of ether oxygens (including phenoxy) is 1. The molecule has 0 amide bonds. The Morgan fingerprint density at radius 3 is 2.90 bits per heavy atom. The predicted molar refractivity (Wildman–Crippen MR) is 74.3 cm³/mol. The van der Waals surface area contributed by atoms with Gasteiger partial charge in [-0.15, -0.1) is 0 Å². The van der Waals surface area contributed by atoms with E-state index in [4.69, 9.17) is 14.9 Å². The Morgan fingerprint density at radius 1 is 1.45 bits per heavy atom. The van der Waals surface area contributed by atoms with E-state index in [0.29, 0.717) is 13.2 Å². The highest BCUT2D eigenvalue weighted by atomic mass is 16.5. The summed E-state index contributed by atoms with van der Waals surface area (Å²) in [5, 5.41) is 2.95. The Kier molecular flexibility index (Phi) is 4.73. The van der Waals surface area contributed by atoms with Crippen LogP contribution in [-0.4, -0.2) is 24.1 Å². The highest BCUT2D eigenvalue weighted by Gasteiger charge is 2.13. The molecule has 1 aromatic carbocycles. The van der Waals surface area contributed by atoms with Gasteiger partial charge in [0.1, 0.15) is 6.26 Å². The van der Waals surface area contributed by atoms with Crippen molar-refractivity contribution < 1.29 is 13.9 Å². The second-order valence-corrected chi connectivity index (χ2v) is 4.16. The van der Waals surface area contributed by atoms with Crippen LogP contribution in [0.25, 0.3) is 0 Å². The van der Waals surface area contributed by atoms with Crippen LogP contribution >= 0.6 is 0 Å². The van der Waals surface area contributed by atoms with Gasteiger partial charge in [-0.05, 0) is 12.5 Å². The van der Waals surface area contributed by atoms with E-state index in [-0.39, 0.29) is 17.8 Å². The third-order valence-electron chi connectivity index (χ3n) is 2.69. The number of carbonyl (C=O) groups excluding carboxylic acids is 1. The Balaban J connectivity index is 1.90. The maximum atomic E-state index is 11.4. The Morgan fingerprint density at radius 2 is 2.20 bits per heavy atom. The van der Waals surface area contributed by atoms with Crippen LogP contribution in [0.4, 0.5) is 6.01 Å². The fourth-order valence-electron chi connectivity index (χ4n) is 1.67. The molecule has 2 aromatic rings. The maximum Gasteiger partial charge on any atom is 0.360 e. The SMILES string of the molecule is CCOC(=O)c1coc(NCC(N)c2ccccc2)n1. The van der Waals surface area contributed by atoms with Gasteiger partial charge < -0.3 is 20.2 Å². The molecule has 20 heavy (non-hydrogen) atoms. The molecule has 0 saturated heterocycles. The van der Waals surface area contributed by atoms with Gasteiger partial charge in [0.15, 0.2) is 5.69 Å². The number of carbonyl (C=O) groups is 1. The molecule has 0 bridgehead atoms. The number of nitrogens with one attached hydrogen (secondary N) is 1. The van der Waals surface area contributed by atoms with Crippen molar-refractivity contribution in [2.45, 2.75) is 13.0 Å². The third-order valence-corrected chi connectivity index (χ3v) is 2.69. The summed E-state index contributed by atoms with van der Waals surface area (Å²) in [6.45, 7) is 2.48. The van der Waals surface area contributed by atoms with Crippen molar-refractivity contribution in [2.75, 3.05) is 18.5 Å². The first-order chi connectivity index (χ1) is 9.70. The number of anilines is 1. The Bertz CT molecular complexity index is 554. The average molecular weight is 275 g/mol. The largest absolute Gasteiger partial charge is 0.461 e. The van der Waals surface area contributed by atoms with E-state index in [0.717, 1.165) is 5.56 Å². The summed E-state index contributed by atoms with van der Waals surface area (Å²) in [6, 6.07) is 9.76. The lowest BCUT2D eigenvalue weighted by Gasteiger charge is -2.11. The zero-order valence-corrected chi connectivity index (χ0v) is 11.2. The number of hydrogen-bond acceptors (Lipinski definition) is 6. The highest BCUT2D eigenvalue weighted by Crippen LogP contribution is 2.12. The number of esters is 1. The lowest BCUT2D eigenvalue weighted by Crippen LogP contribution is -2.20. The summed E-state index contributed by atoms with van der Waals surface area (Å²) < 4.78 is 9.96. The van der Waals surface area contributed by atoms with Gasteiger partial charge in [0, 0.05) is 12.6 Å². The molecule has 0 spiro atoms. The molecule has 1 aromatic heterocycles. The average Bonchev–Trinajstić information content (AvgIpc) is 2.95. The summed E-state index contributed by atoms with van der Waals surface area (Å²) in [7, 11) is 0. The predicted octanol–water partition coefficient (Wildman–Crippen LogP) is 1.96. The van der Waals surface area contributed by atoms with E-state index in [2.05, 4.69) is 10.3 Å². The van der Waals surface area contributed by atoms with Gasteiger partial charge >= 0.3 is 5.97 Å². The van der Waals surface area contributed by atoms with E-state index < -0.39 is 5.97 Å². The van der Waals surface area contributed by atoms with E-state index in [9.17, 15) is 4.79 Å². The van der Waals surface area contributed by atoms with Crippen molar-refractivity contribution in [1.82, 2.24) is 4.98 Å². The van der Waals surface area contributed by atoms with Crippen molar-refractivity contribution in [2.24, 2.45) is 5.73 Å². The van der Waals surface area contributed by atoms with E-state index in [1.165, 1.54) is 6.26 Å². The summed E-state index contributed by atoms with van der Waals surface area (Å²) >= 11 is 0. The normalized spacial score (nSPS) is 11.9. The molecule has 1 unspecified atom stereocenters. The third kappa shape index (κ3) is 3.58. The Hall–Kier alpha value is -2.34. The smallest absolute Gasteiger partial charge is 0.360 e. The molecule has 0 aliphatic rings. The summed E-state index contributed by atoms with van der Waals surface area (Å²) in [5.41, 5.74) is 7.19. The van der Waals surface area contributed by atoms with Crippen LogP contribution < -0.4 is 11.1 Å². The number of nitrogens with two attached hydrogens (primary N) is 1. The van der Waals surface area contributed by atoms with Crippen LogP contribution in [0.2, 0.25) is 0 Å². The molecule has 106 valence electrons. The van der Waals surface area contributed by atoms with Gasteiger partial charge in [-0.25, -0.2) is 4.79 Å². The quantitative estimate of drug-likeness (QED) is 0.783. The molecule has 6 heteroatoms. The van der Waals surface area contributed by atoms with Gasteiger partial charge in [-0.2, -0.15) is 4.98 Å². The van der Waals surface area contributed by atoms with Crippen LogP contribution in [0.5, 0.6) is 0 Å². The molecular weight excluding hydrogens is 258 g/mol. The minimum Gasteiger partial charge on any atom is -0.461 e. The van der Waals surface area contributed by atoms with E-state index in [1.54, 1.807) is 6.92 Å². The van der Waals surface area contributed by atoms with Gasteiger partial charge in [0.2, 0.25) is 0 Å². The van der Waals surface area contributed by atoms with Crippen LogP contribution in [0.1, 0.15) is 29.0 Å². The summed E-state index contributed by atoms with van der Waals surface area (Å²) in [5.74, 6) is -0.503. The lowest BCUT2D eigenvalue weighted by molar-refractivity contribution is 0.0519. The molecule has 1 atom stereocenters. The molecule has 3 N–H and O–H groups in total. The second kappa shape index (κ2) is 6.72. The number of rotatable bonds is 6. The van der Waals surface area contributed by atoms with Crippen molar-refractivity contribution in [1.29, 1.82) is 0 Å². The van der Waals surface area contributed by atoms with Crippen molar-refractivity contribution in [3.8, 4) is 0 Å². The van der Waals surface area contributed by atoms with Crippen LogP contribution in [0.3, 0.4) is 0 Å². The second-order valence-electron chi connectivity index (χ2n) is 4.16. The molecule has 1 heterocycles. The van der Waals surface area contributed by atoms with Crippen LogP contribution in [0.15, 0.2) is 41.0 Å². The van der Waals surface area contributed by atoms with E-state index >= 15 is 0 Å². The number of aromatic nitrogens is 1. The minimum atomic E-state index is -0.503. The molecule has 0 aliphatic carbocycles. The number of hydrogen-bond donors (Lipinski definition) is 2. The molecule has 0 aliphatic heterocycles. The number of oxazole rings is 1. The monoisotopic (exact) mass is 275 g/mol. The number of benzene rings is 1. The van der Waals surface area contributed by atoms with Gasteiger partial charge in [0.25, 0.3) is 6.01 Å². The highest BCUT2D eigenvalue weighted by molar-refractivity contribution is 5.87. The fraction of sp³-hybridized carbons (Fsp3) is 0.286. The van der Waals surface area contributed by atoms with Gasteiger partial charge in [-0.3, -0.25) is 0 Å². The van der Waals surface area contributed by atoms with Gasteiger partial charge in [0.05, 0.1) is 6.61 Å². The zero-order valence-electron chi connectivity index (χ0n) is 11.2. The molecule has 0 radical (unpaired) electrons. The van der Waals surface area contributed by atoms with Crippen LogP contribution in [0, 0.1) is 0 Å². The summed E-state index contributed by atoms with van der Waals surface area (Å²) in [6.07, 6.45) is 1.26. The lowest BCUT2D eigenvalue weighted by atomic mass is 10.1. The molecule has 0 saturated carbocycles. The zero-order chi connectivity index (χ0) is 14.4. The Labute approximate surface area is 116 Å². The topological polar surface area (TPSA) is 90.4 Å². The molecular formula is C14H17N3O3.